The van der Waals surface area contributed by atoms with E-state index in [1.165, 1.54) is 0 Å². The molecule has 1 fully saturated rings. The van der Waals surface area contributed by atoms with Gasteiger partial charge in [-0.05, 0) is 47.7 Å². The number of amides is 2. The van der Waals surface area contributed by atoms with Crippen LogP contribution in [0.25, 0.3) is 0 Å². The first-order chi connectivity index (χ1) is 14.1. The van der Waals surface area contributed by atoms with E-state index in [2.05, 4.69) is 32.6 Å². The van der Waals surface area contributed by atoms with Crippen molar-refractivity contribution < 1.29 is 9.59 Å². The molecule has 3 aromatic rings. The van der Waals surface area contributed by atoms with Gasteiger partial charge in [-0.3, -0.25) is 9.59 Å². The number of hydrogen-bond acceptors (Lipinski definition) is 2. The van der Waals surface area contributed by atoms with E-state index in [0.717, 1.165) is 22.0 Å². The Balaban J connectivity index is 1.48. The molecular formula is C24H21BrN2O2. The summed E-state index contributed by atoms with van der Waals surface area (Å²) in [6, 6.07) is 25.9. The van der Waals surface area contributed by atoms with Gasteiger partial charge in [0.15, 0.2) is 0 Å². The second-order valence-corrected chi connectivity index (χ2v) is 8.13. The summed E-state index contributed by atoms with van der Waals surface area (Å²) < 4.78 is 1.01. The first-order valence-corrected chi connectivity index (χ1v) is 10.4. The predicted molar refractivity (Wildman–Crippen MR) is 117 cm³/mol. The summed E-state index contributed by atoms with van der Waals surface area (Å²) >= 11 is 3.48. The van der Waals surface area contributed by atoms with Crippen LogP contribution in [0, 0.1) is 5.92 Å². The van der Waals surface area contributed by atoms with Crippen molar-refractivity contribution in [3.8, 4) is 0 Å². The Kier molecular flexibility index (Phi) is 5.76. The zero-order valence-corrected chi connectivity index (χ0v) is 17.3. The number of para-hydroxylation sites is 1. The molecule has 4 nitrogen and oxygen atoms in total. The number of halogens is 1. The normalized spacial score (nSPS) is 18.5. The van der Waals surface area contributed by atoms with Gasteiger partial charge in [-0.25, -0.2) is 0 Å². The minimum absolute atomic E-state index is 0.0907. The molecule has 1 aliphatic carbocycles. The third-order valence-electron chi connectivity index (χ3n) is 5.13. The molecule has 1 aliphatic rings. The molecule has 2 N–H and O–H groups in total. The lowest BCUT2D eigenvalue weighted by Crippen LogP contribution is -2.38. The van der Waals surface area contributed by atoms with Crippen LogP contribution in [-0.4, -0.2) is 11.8 Å². The number of anilines is 1. The van der Waals surface area contributed by atoms with Crippen molar-refractivity contribution >= 4 is 33.4 Å². The first kappa shape index (κ1) is 19.4. The maximum absolute atomic E-state index is 13.0. The summed E-state index contributed by atoms with van der Waals surface area (Å²) in [5.74, 6) is -0.261. The minimum Gasteiger partial charge on any atom is -0.340 e. The van der Waals surface area contributed by atoms with E-state index in [1.807, 2.05) is 78.9 Å². The highest BCUT2D eigenvalue weighted by atomic mass is 79.9. The molecule has 1 saturated carbocycles. The van der Waals surface area contributed by atoms with Crippen LogP contribution in [0.5, 0.6) is 0 Å². The second-order valence-electron chi connectivity index (χ2n) is 7.21. The van der Waals surface area contributed by atoms with E-state index in [0.29, 0.717) is 5.69 Å². The molecule has 5 heteroatoms. The number of benzene rings is 3. The number of carbonyl (C=O) groups excluding carboxylic acids is 2. The molecule has 2 amide bonds. The minimum atomic E-state index is -0.743. The third-order valence-corrected chi connectivity index (χ3v) is 5.62. The number of nitrogens with one attached hydrogen (secondary N) is 2. The molecule has 0 saturated heterocycles. The Morgan fingerprint density at radius 2 is 1.59 bits per heavy atom. The van der Waals surface area contributed by atoms with Gasteiger partial charge in [0.1, 0.15) is 6.04 Å². The highest BCUT2D eigenvalue weighted by Crippen LogP contribution is 2.48. The summed E-state index contributed by atoms with van der Waals surface area (Å²) in [7, 11) is 0. The third kappa shape index (κ3) is 4.74. The molecule has 146 valence electrons. The van der Waals surface area contributed by atoms with Crippen molar-refractivity contribution in [2.75, 3.05) is 5.32 Å². The molecule has 4 rings (SSSR count). The summed E-state index contributed by atoms with van der Waals surface area (Å²) in [6.45, 7) is 0. The van der Waals surface area contributed by atoms with E-state index >= 15 is 0 Å². The zero-order chi connectivity index (χ0) is 20.2. The van der Waals surface area contributed by atoms with Crippen LogP contribution in [0.3, 0.4) is 0 Å². The van der Waals surface area contributed by atoms with Gasteiger partial charge in [0.25, 0.3) is 5.91 Å². The van der Waals surface area contributed by atoms with Gasteiger partial charge < -0.3 is 10.6 Å². The lowest BCUT2D eigenvalue weighted by molar-refractivity contribution is -0.127. The van der Waals surface area contributed by atoms with Crippen LogP contribution in [0.15, 0.2) is 89.4 Å². The smallest absolute Gasteiger partial charge is 0.251 e. The lowest BCUT2D eigenvalue weighted by Gasteiger charge is -2.19. The van der Waals surface area contributed by atoms with Gasteiger partial charge in [-0.1, -0.05) is 76.6 Å². The average Bonchev–Trinajstić information content (AvgIpc) is 3.54. The van der Waals surface area contributed by atoms with Crippen molar-refractivity contribution in [3.05, 3.63) is 101 Å². The molecule has 0 spiro atoms. The molecule has 3 aromatic carbocycles. The van der Waals surface area contributed by atoms with Gasteiger partial charge >= 0.3 is 0 Å². The molecule has 0 radical (unpaired) electrons. The summed E-state index contributed by atoms with van der Waals surface area (Å²) in [6.07, 6.45) is 0.796. The van der Waals surface area contributed by atoms with Gasteiger partial charge in [0.05, 0.1) is 0 Å². The fraction of sp³-hybridized carbons (Fsp3) is 0.167. The van der Waals surface area contributed by atoms with Gasteiger partial charge in [-0.2, -0.15) is 0 Å². The van der Waals surface area contributed by atoms with Crippen LogP contribution >= 0.6 is 15.9 Å². The molecule has 3 unspecified atom stereocenters. The van der Waals surface area contributed by atoms with Gasteiger partial charge in [-0.15, -0.1) is 0 Å². The molecular weight excluding hydrogens is 428 g/mol. The van der Waals surface area contributed by atoms with Crippen LogP contribution < -0.4 is 10.6 Å². The fourth-order valence-electron chi connectivity index (χ4n) is 3.52. The SMILES string of the molecule is O=C(Nc1ccccc1)C(NC(=O)C1CC1c1cccc(Br)c1)c1ccccc1. The monoisotopic (exact) mass is 448 g/mol. The predicted octanol–water partition coefficient (Wildman–Crippen LogP) is 5.05. The maximum atomic E-state index is 13.0. The van der Waals surface area contributed by atoms with Crippen molar-refractivity contribution in [1.82, 2.24) is 5.32 Å². The summed E-state index contributed by atoms with van der Waals surface area (Å²) in [4.78, 5) is 25.9. The standard InChI is InChI=1S/C24H21BrN2O2/c25-18-11-7-10-17(14-18)20-15-21(20)23(28)27-22(16-8-3-1-4-9-16)24(29)26-19-12-5-2-6-13-19/h1-14,20-22H,15H2,(H,26,29)(H,27,28). The van der Waals surface area contributed by atoms with E-state index in [-0.39, 0.29) is 23.7 Å². The van der Waals surface area contributed by atoms with Crippen LogP contribution in [-0.2, 0) is 9.59 Å². The van der Waals surface area contributed by atoms with Crippen molar-refractivity contribution in [2.24, 2.45) is 5.92 Å². The van der Waals surface area contributed by atoms with Crippen molar-refractivity contribution in [3.63, 3.8) is 0 Å². The highest BCUT2D eigenvalue weighted by Gasteiger charge is 2.45. The van der Waals surface area contributed by atoms with Crippen LogP contribution in [0.4, 0.5) is 5.69 Å². The average molecular weight is 449 g/mol. The first-order valence-electron chi connectivity index (χ1n) is 9.58. The lowest BCUT2D eigenvalue weighted by atomic mass is 10.0. The number of rotatable bonds is 6. The number of carbonyl (C=O) groups is 2. The molecule has 0 aromatic heterocycles. The Morgan fingerprint density at radius 3 is 2.28 bits per heavy atom. The molecule has 0 bridgehead atoms. The van der Waals surface area contributed by atoms with Crippen LogP contribution in [0.2, 0.25) is 0 Å². The van der Waals surface area contributed by atoms with E-state index in [1.54, 1.807) is 0 Å². The van der Waals surface area contributed by atoms with Crippen molar-refractivity contribution in [2.45, 2.75) is 18.4 Å². The van der Waals surface area contributed by atoms with E-state index in [4.69, 9.17) is 0 Å². The van der Waals surface area contributed by atoms with Gasteiger partial charge in [0, 0.05) is 16.1 Å². The quantitative estimate of drug-likeness (QED) is 0.554. The van der Waals surface area contributed by atoms with E-state index in [9.17, 15) is 9.59 Å². The molecule has 0 aliphatic heterocycles. The topological polar surface area (TPSA) is 58.2 Å². The highest BCUT2D eigenvalue weighted by molar-refractivity contribution is 9.10. The van der Waals surface area contributed by atoms with Crippen LogP contribution in [0.1, 0.15) is 29.5 Å². The zero-order valence-electron chi connectivity index (χ0n) is 15.7. The maximum Gasteiger partial charge on any atom is 0.251 e. The number of hydrogen-bond donors (Lipinski definition) is 2. The Labute approximate surface area is 178 Å². The molecule has 3 atom stereocenters. The Bertz CT molecular complexity index is 1010. The summed E-state index contributed by atoms with van der Waals surface area (Å²) in [5.41, 5.74) is 2.60. The van der Waals surface area contributed by atoms with Gasteiger partial charge in [0.2, 0.25) is 5.91 Å². The van der Waals surface area contributed by atoms with E-state index < -0.39 is 6.04 Å². The summed E-state index contributed by atoms with van der Waals surface area (Å²) in [5, 5.41) is 5.86. The Hall–Kier alpha value is -2.92. The van der Waals surface area contributed by atoms with Crippen molar-refractivity contribution in [1.29, 1.82) is 0 Å². The molecule has 29 heavy (non-hydrogen) atoms. The fourth-order valence-corrected chi connectivity index (χ4v) is 3.94. The largest absolute Gasteiger partial charge is 0.340 e. The second kappa shape index (κ2) is 8.62. The Morgan fingerprint density at radius 1 is 0.897 bits per heavy atom. The molecule has 0 heterocycles.